The number of rotatable bonds is 5. The number of allylic oxidation sites excluding steroid dienone is 2. The van der Waals surface area contributed by atoms with E-state index in [-0.39, 0.29) is 6.32 Å². The van der Waals surface area contributed by atoms with Crippen molar-refractivity contribution in [2.24, 2.45) is 0 Å². The first-order valence-electron chi connectivity index (χ1n) is 7.81. The normalized spacial score (nSPS) is 11.9. The monoisotopic (exact) mass is 294 g/mol. The second-order valence-corrected chi connectivity index (χ2v) is 5.37. The molecule has 22 heavy (non-hydrogen) atoms. The molecule has 0 aliphatic heterocycles. The van der Waals surface area contributed by atoms with Gasteiger partial charge in [0.05, 0.1) is 0 Å². The molecule has 2 aromatic rings. The van der Waals surface area contributed by atoms with Crippen LogP contribution in [0.4, 0.5) is 0 Å². The van der Waals surface area contributed by atoms with Crippen LogP contribution in [-0.2, 0) is 12.7 Å². The first kappa shape index (κ1) is 16.5. The Morgan fingerprint density at radius 1 is 0.909 bits per heavy atom. The van der Waals surface area contributed by atoms with Crippen LogP contribution in [0.3, 0.4) is 0 Å². The number of hydrogen-bond acceptors (Lipinski definition) is 2. The second-order valence-electron chi connectivity index (χ2n) is 5.37. The van der Waals surface area contributed by atoms with Crippen molar-refractivity contribution in [3.8, 4) is 0 Å². The van der Waals surface area contributed by atoms with Gasteiger partial charge in [0.1, 0.15) is 0 Å². The highest BCUT2D eigenvalue weighted by molar-refractivity contribution is 6.40. The standard InChI is InChI=1S/C19H23BO2/c1-4-9-15-14(6-3)19(13-20(21)22)16(10-5-2)18-12-8-7-11-17(15)18/h4-5,7-12,21-22H,6,13H2,1-3H3/b9-4-,10-5-. The predicted octanol–water partition coefficient (Wildman–Crippen LogP) is 4.02. The van der Waals surface area contributed by atoms with Crippen molar-refractivity contribution < 1.29 is 10.0 Å². The smallest absolute Gasteiger partial charge is 0.427 e. The van der Waals surface area contributed by atoms with E-state index in [0.29, 0.717) is 0 Å². The van der Waals surface area contributed by atoms with E-state index in [4.69, 9.17) is 0 Å². The largest absolute Gasteiger partial charge is 0.456 e. The van der Waals surface area contributed by atoms with E-state index in [1.165, 1.54) is 16.5 Å². The van der Waals surface area contributed by atoms with E-state index in [2.05, 4.69) is 37.3 Å². The molecule has 0 aliphatic carbocycles. The lowest BCUT2D eigenvalue weighted by Gasteiger charge is -2.19. The minimum atomic E-state index is -1.34. The topological polar surface area (TPSA) is 40.5 Å². The van der Waals surface area contributed by atoms with E-state index in [1.807, 2.05) is 32.1 Å². The molecule has 2 nitrogen and oxygen atoms in total. The molecule has 0 radical (unpaired) electrons. The van der Waals surface area contributed by atoms with Crippen LogP contribution in [0.5, 0.6) is 0 Å². The third-order valence-electron chi connectivity index (χ3n) is 3.93. The van der Waals surface area contributed by atoms with Crippen LogP contribution < -0.4 is 0 Å². The molecular weight excluding hydrogens is 271 g/mol. The van der Waals surface area contributed by atoms with Gasteiger partial charge in [-0.3, -0.25) is 0 Å². The zero-order valence-electron chi connectivity index (χ0n) is 13.5. The highest BCUT2D eigenvalue weighted by Crippen LogP contribution is 2.33. The zero-order chi connectivity index (χ0) is 16.1. The van der Waals surface area contributed by atoms with Gasteiger partial charge in [-0.05, 0) is 53.3 Å². The summed E-state index contributed by atoms with van der Waals surface area (Å²) in [5.41, 5.74) is 4.50. The molecule has 0 saturated heterocycles. The van der Waals surface area contributed by atoms with E-state index < -0.39 is 7.12 Å². The van der Waals surface area contributed by atoms with E-state index in [1.54, 1.807) is 0 Å². The Balaban J connectivity index is 2.95. The summed E-state index contributed by atoms with van der Waals surface area (Å²) in [6.07, 6.45) is 9.33. The maximum Gasteiger partial charge on any atom is 0.456 e. The summed E-state index contributed by atoms with van der Waals surface area (Å²) in [6.45, 7) is 6.11. The Morgan fingerprint density at radius 2 is 1.41 bits per heavy atom. The second kappa shape index (κ2) is 7.43. The highest BCUT2D eigenvalue weighted by atomic mass is 16.4. The molecule has 0 spiro atoms. The number of benzene rings is 2. The molecule has 0 heterocycles. The summed E-state index contributed by atoms with van der Waals surface area (Å²) in [7, 11) is -1.34. The molecule has 0 saturated carbocycles. The number of hydrogen-bond donors (Lipinski definition) is 2. The molecule has 114 valence electrons. The fraction of sp³-hybridized carbons (Fsp3) is 0.263. The van der Waals surface area contributed by atoms with Crippen LogP contribution in [0.15, 0.2) is 36.4 Å². The molecule has 0 atom stereocenters. The molecule has 0 aromatic heterocycles. The fourth-order valence-electron chi connectivity index (χ4n) is 3.14. The van der Waals surface area contributed by atoms with Gasteiger partial charge >= 0.3 is 7.12 Å². The maximum absolute atomic E-state index is 9.52. The summed E-state index contributed by atoms with van der Waals surface area (Å²) < 4.78 is 0. The molecule has 2 N–H and O–H groups in total. The Hall–Kier alpha value is -1.84. The van der Waals surface area contributed by atoms with Gasteiger partial charge in [0.2, 0.25) is 0 Å². The zero-order valence-corrected chi connectivity index (χ0v) is 13.5. The van der Waals surface area contributed by atoms with Gasteiger partial charge in [0.15, 0.2) is 0 Å². The van der Waals surface area contributed by atoms with Crippen molar-refractivity contribution in [3.63, 3.8) is 0 Å². The third kappa shape index (κ3) is 3.16. The van der Waals surface area contributed by atoms with Gasteiger partial charge in [0, 0.05) is 6.32 Å². The predicted molar refractivity (Wildman–Crippen MR) is 96.6 cm³/mol. The van der Waals surface area contributed by atoms with Crippen molar-refractivity contribution in [1.82, 2.24) is 0 Å². The van der Waals surface area contributed by atoms with Crippen molar-refractivity contribution in [2.75, 3.05) is 0 Å². The first-order valence-corrected chi connectivity index (χ1v) is 7.81. The van der Waals surface area contributed by atoms with Gasteiger partial charge in [-0.25, -0.2) is 0 Å². The van der Waals surface area contributed by atoms with Crippen LogP contribution in [-0.4, -0.2) is 17.2 Å². The van der Waals surface area contributed by atoms with Crippen LogP contribution in [0.25, 0.3) is 22.9 Å². The lowest BCUT2D eigenvalue weighted by atomic mass is 9.75. The van der Waals surface area contributed by atoms with Gasteiger partial charge in [-0.1, -0.05) is 55.5 Å². The lowest BCUT2D eigenvalue weighted by molar-refractivity contribution is 0.405. The average Bonchev–Trinajstić information content (AvgIpc) is 2.50. The van der Waals surface area contributed by atoms with E-state index >= 15 is 0 Å². The Morgan fingerprint density at radius 3 is 1.82 bits per heavy atom. The average molecular weight is 294 g/mol. The molecule has 0 unspecified atom stereocenters. The Bertz CT molecular complexity index is 715. The van der Waals surface area contributed by atoms with Gasteiger partial charge in [-0.2, -0.15) is 0 Å². The molecule has 0 aliphatic rings. The lowest BCUT2D eigenvalue weighted by Crippen LogP contribution is -2.18. The summed E-state index contributed by atoms with van der Waals surface area (Å²) in [6, 6.07) is 8.31. The summed E-state index contributed by atoms with van der Waals surface area (Å²) in [5.74, 6) is 0. The molecule has 0 amide bonds. The SMILES string of the molecule is C/C=C\c1c(CC)c(CB(O)O)c(/C=C\C)c2ccccc12. The van der Waals surface area contributed by atoms with E-state index in [9.17, 15) is 10.0 Å². The molecule has 2 rings (SSSR count). The van der Waals surface area contributed by atoms with Gasteiger partial charge in [0.25, 0.3) is 0 Å². The summed E-state index contributed by atoms with van der Waals surface area (Å²) >= 11 is 0. The van der Waals surface area contributed by atoms with Crippen LogP contribution in [0.2, 0.25) is 0 Å². The van der Waals surface area contributed by atoms with Crippen molar-refractivity contribution >= 4 is 30.0 Å². The van der Waals surface area contributed by atoms with Crippen LogP contribution in [0, 0.1) is 0 Å². The Kier molecular flexibility index (Phi) is 5.59. The van der Waals surface area contributed by atoms with Gasteiger partial charge in [-0.15, -0.1) is 0 Å². The minimum Gasteiger partial charge on any atom is -0.427 e. The summed E-state index contributed by atoms with van der Waals surface area (Å²) in [4.78, 5) is 0. The molecule has 0 bridgehead atoms. The fourth-order valence-corrected chi connectivity index (χ4v) is 3.14. The van der Waals surface area contributed by atoms with Crippen LogP contribution >= 0.6 is 0 Å². The van der Waals surface area contributed by atoms with Crippen molar-refractivity contribution in [1.29, 1.82) is 0 Å². The van der Waals surface area contributed by atoms with Crippen LogP contribution in [0.1, 0.15) is 43.0 Å². The molecule has 0 fully saturated rings. The molecular formula is C19H23BO2. The Labute approximate surface area is 132 Å². The minimum absolute atomic E-state index is 0.248. The highest BCUT2D eigenvalue weighted by Gasteiger charge is 2.19. The first-order chi connectivity index (χ1) is 10.6. The molecule has 3 heteroatoms. The summed E-state index contributed by atoms with van der Waals surface area (Å²) in [5, 5.41) is 21.4. The van der Waals surface area contributed by atoms with E-state index in [0.717, 1.165) is 22.9 Å². The van der Waals surface area contributed by atoms with Crippen molar-refractivity contribution in [2.45, 2.75) is 33.5 Å². The number of fused-ring (bicyclic) bond motifs is 1. The quantitative estimate of drug-likeness (QED) is 0.818. The third-order valence-corrected chi connectivity index (χ3v) is 3.93. The maximum atomic E-state index is 9.52. The van der Waals surface area contributed by atoms with Crippen molar-refractivity contribution in [3.05, 3.63) is 58.7 Å². The molecule has 2 aromatic carbocycles. The van der Waals surface area contributed by atoms with Gasteiger partial charge < -0.3 is 10.0 Å².